The van der Waals surface area contributed by atoms with E-state index >= 15 is 0 Å². The Bertz CT molecular complexity index is 1070. The van der Waals surface area contributed by atoms with E-state index in [-0.39, 0.29) is 5.92 Å². The van der Waals surface area contributed by atoms with E-state index in [0.29, 0.717) is 0 Å². The van der Waals surface area contributed by atoms with E-state index in [1.54, 1.807) is 0 Å². The number of nitrogens with zero attached hydrogens (tertiary/aromatic N) is 2. The van der Waals surface area contributed by atoms with E-state index in [1.165, 1.54) is 22.3 Å². The molecule has 0 aliphatic heterocycles. The zero-order valence-corrected chi connectivity index (χ0v) is 16.3. The fraction of sp³-hybridized carbons (Fsp3) is 0.208. The topological polar surface area (TPSA) is 29.3 Å². The summed E-state index contributed by atoms with van der Waals surface area (Å²) in [6.45, 7) is 8.62. The Hall–Kier alpha value is -3.07. The molecule has 0 aliphatic carbocycles. The quantitative estimate of drug-likeness (QED) is 0.475. The smallest absolute Gasteiger partial charge is 0.139 e. The van der Waals surface area contributed by atoms with Crippen LogP contribution in [0.4, 0.5) is 11.5 Å². The second-order valence-corrected chi connectivity index (χ2v) is 7.30. The molecule has 2 aromatic carbocycles. The Morgan fingerprint density at radius 2 is 1.56 bits per heavy atom. The lowest BCUT2D eigenvalue weighted by Crippen LogP contribution is -2.05. The number of pyridine rings is 1. The van der Waals surface area contributed by atoms with Crippen LogP contribution in [0.3, 0.4) is 0 Å². The lowest BCUT2D eigenvalue weighted by molar-refractivity contribution is 0.888. The second kappa shape index (κ2) is 6.92. The Morgan fingerprint density at radius 3 is 2.26 bits per heavy atom. The molecule has 1 atom stereocenters. The summed E-state index contributed by atoms with van der Waals surface area (Å²) in [6, 6.07) is 21.2. The van der Waals surface area contributed by atoms with Crippen LogP contribution in [0.5, 0.6) is 0 Å². The van der Waals surface area contributed by atoms with E-state index < -0.39 is 0 Å². The van der Waals surface area contributed by atoms with Crippen molar-refractivity contribution in [1.29, 1.82) is 0 Å². The zero-order chi connectivity index (χ0) is 19.0. The third-order valence-electron chi connectivity index (χ3n) is 5.23. The van der Waals surface area contributed by atoms with Crippen LogP contribution in [0.2, 0.25) is 0 Å². The van der Waals surface area contributed by atoms with Gasteiger partial charge in [-0.15, -0.1) is 0 Å². The summed E-state index contributed by atoms with van der Waals surface area (Å²) in [5, 5.41) is 3.71. The molecule has 3 heteroatoms. The predicted octanol–water partition coefficient (Wildman–Crippen LogP) is 6.15. The number of hydrogen-bond donors (Lipinski definition) is 1. The number of rotatable bonds is 4. The van der Waals surface area contributed by atoms with Gasteiger partial charge in [-0.05, 0) is 49.1 Å². The highest BCUT2D eigenvalue weighted by Crippen LogP contribution is 2.34. The number of hydrogen-bond acceptors (Lipinski definition) is 2. The van der Waals surface area contributed by atoms with E-state index in [1.807, 2.05) is 0 Å². The first-order valence-electron chi connectivity index (χ1n) is 9.41. The number of anilines is 2. The van der Waals surface area contributed by atoms with Gasteiger partial charge in [0.1, 0.15) is 11.5 Å². The van der Waals surface area contributed by atoms with Crippen LogP contribution in [-0.4, -0.2) is 9.38 Å². The van der Waals surface area contributed by atoms with Crippen LogP contribution < -0.4 is 5.32 Å². The summed E-state index contributed by atoms with van der Waals surface area (Å²) >= 11 is 0. The first-order valence-corrected chi connectivity index (χ1v) is 9.41. The number of para-hydroxylation sites is 1. The Labute approximate surface area is 160 Å². The molecule has 0 saturated carbocycles. The third kappa shape index (κ3) is 3.21. The van der Waals surface area contributed by atoms with Crippen LogP contribution in [-0.2, 0) is 0 Å². The summed E-state index contributed by atoms with van der Waals surface area (Å²) in [5.74, 6) is 1.24. The molecule has 4 aromatic rings. The van der Waals surface area contributed by atoms with Crippen molar-refractivity contribution in [2.45, 2.75) is 33.6 Å². The van der Waals surface area contributed by atoms with Crippen LogP contribution in [0.25, 0.3) is 5.65 Å². The van der Waals surface area contributed by atoms with E-state index in [2.05, 4.69) is 104 Å². The Morgan fingerprint density at radius 1 is 0.852 bits per heavy atom. The summed E-state index contributed by atoms with van der Waals surface area (Å²) in [6.07, 6.45) is 2.15. The molecule has 0 amide bonds. The summed E-state index contributed by atoms with van der Waals surface area (Å²) in [4.78, 5) is 4.99. The van der Waals surface area contributed by atoms with Crippen LogP contribution in [0.1, 0.15) is 40.8 Å². The maximum atomic E-state index is 4.99. The SMILES string of the molecule is Cc1ccc2nc(C(C)c3ccccc3)c(Nc3c(C)cccc3C)n2c1. The standard InChI is InChI=1S/C24H25N3/c1-16-13-14-21-25-23(19(4)20-11-6-5-7-12-20)24(27(21)15-16)26-22-17(2)9-8-10-18(22)3/h5-15,19,26H,1-4H3. The van der Waals surface area contributed by atoms with Crippen molar-refractivity contribution in [2.75, 3.05) is 5.32 Å². The zero-order valence-electron chi connectivity index (χ0n) is 16.3. The lowest BCUT2D eigenvalue weighted by atomic mass is 9.97. The van der Waals surface area contributed by atoms with Gasteiger partial charge in [0.15, 0.2) is 0 Å². The summed E-state index contributed by atoms with van der Waals surface area (Å²) in [7, 11) is 0. The van der Waals surface area contributed by atoms with Gasteiger partial charge in [-0.2, -0.15) is 0 Å². The normalized spacial score (nSPS) is 12.3. The van der Waals surface area contributed by atoms with Crippen molar-refractivity contribution in [3.63, 3.8) is 0 Å². The highest BCUT2D eigenvalue weighted by Gasteiger charge is 2.20. The molecule has 0 spiro atoms. The fourth-order valence-corrected chi connectivity index (χ4v) is 3.62. The van der Waals surface area contributed by atoms with Crippen molar-refractivity contribution in [3.05, 3.63) is 94.8 Å². The molecule has 27 heavy (non-hydrogen) atoms. The average Bonchev–Trinajstić information content (AvgIpc) is 3.02. The molecule has 0 fully saturated rings. The second-order valence-electron chi connectivity index (χ2n) is 7.30. The van der Waals surface area contributed by atoms with E-state index in [4.69, 9.17) is 4.98 Å². The maximum absolute atomic E-state index is 4.99. The van der Waals surface area contributed by atoms with Crippen molar-refractivity contribution >= 4 is 17.2 Å². The molecular formula is C24H25N3. The lowest BCUT2D eigenvalue weighted by Gasteiger charge is -2.17. The minimum atomic E-state index is 0.193. The fourth-order valence-electron chi connectivity index (χ4n) is 3.62. The van der Waals surface area contributed by atoms with Crippen LogP contribution in [0, 0.1) is 20.8 Å². The largest absolute Gasteiger partial charge is 0.339 e. The van der Waals surface area contributed by atoms with E-state index in [0.717, 1.165) is 22.8 Å². The van der Waals surface area contributed by atoms with Crippen LogP contribution >= 0.6 is 0 Å². The highest BCUT2D eigenvalue weighted by atomic mass is 15.1. The molecule has 2 aromatic heterocycles. The van der Waals surface area contributed by atoms with Gasteiger partial charge in [-0.1, -0.05) is 61.5 Å². The van der Waals surface area contributed by atoms with Gasteiger partial charge in [0.05, 0.1) is 5.69 Å². The molecule has 0 aliphatic rings. The molecule has 2 heterocycles. The van der Waals surface area contributed by atoms with Crippen LogP contribution in [0.15, 0.2) is 66.9 Å². The monoisotopic (exact) mass is 355 g/mol. The molecule has 3 nitrogen and oxygen atoms in total. The molecule has 1 unspecified atom stereocenters. The molecule has 0 saturated heterocycles. The van der Waals surface area contributed by atoms with Gasteiger partial charge in [0, 0.05) is 17.8 Å². The molecule has 1 N–H and O–H groups in total. The minimum absolute atomic E-state index is 0.193. The van der Waals surface area contributed by atoms with Gasteiger partial charge in [0.25, 0.3) is 0 Å². The number of aromatic nitrogens is 2. The van der Waals surface area contributed by atoms with Crippen molar-refractivity contribution in [1.82, 2.24) is 9.38 Å². The minimum Gasteiger partial charge on any atom is -0.339 e. The molecule has 136 valence electrons. The van der Waals surface area contributed by atoms with Gasteiger partial charge in [-0.25, -0.2) is 4.98 Å². The summed E-state index contributed by atoms with van der Waals surface area (Å²) in [5.41, 5.74) is 8.13. The van der Waals surface area contributed by atoms with Gasteiger partial charge in [0.2, 0.25) is 0 Å². The predicted molar refractivity (Wildman–Crippen MR) is 113 cm³/mol. The maximum Gasteiger partial charge on any atom is 0.139 e. The van der Waals surface area contributed by atoms with Crippen molar-refractivity contribution in [2.24, 2.45) is 0 Å². The van der Waals surface area contributed by atoms with Gasteiger partial charge < -0.3 is 5.32 Å². The molecular weight excluding hydrogens is 330 g/mol. The highest BCUT2D eigenvalue weighted by molar-refractivity contribution is 5.70. The number of nitrogens with one attached hydrogen (secondary N) is 1. The number of aryl methyl sites for hydroxylation is 3. The van der Waals surface area contributed by atoms with Crippen molar-refractivity contribution in [3.8, 4) is 0 Å². The molecule has 0 bridgehead atoms. The Kier molecular flexibility index (Phi) is 4.44. The number of fused-ring (bicyclic) bond motifs is 1. The van der Waals surface area contributed by atoms with Gasteiger partial charge in [-0.3, -0.25) is 4.40 Å². The van der Waals surface area contributed by atoms with Gasteiger partial charge >= 0.3 is 0 Å². The molecule has 0 radical (unpaired) electrons. The molecule has 4 rings (SSSR count). The summed E-state index contributed by atoms with van der Waals surface area (Å²) < 4.78 is 2.18. The first kappa shape index (κ1) is 17.3. The van der Waals surface area contributed by atoms with E-state index in [9.17, 15) is 0 Å². The number of imidazole rings is 1. The first-order chi connectivity index (χ1) is 13.0. The van der Waals surface area contributed by atoms with Crippen molar-refractivity contribution < 1.29 is 0 Å². The number of benzene rings is 2. The Balaban J connectivity index is 1.90. The third-order valence-corrected chi connectivity index (χ3v) is 5.23. The average molecular weight is 355 g/mol.